The molecule has 0 saturated carbocycles. The Morgan fingerprint density at radius 1 is 0.721 bits per heavy atom. The molecule has 4 aromatic carbocycles. The molecular weight excluding hydrogens is 544 g/mol. The van der Waals surface area contributed by atoms with Crippen molar-refractivity contribution in [1.29, 1.82) is 0 Å². The van der Waals surface area contributed by atoms with Crippen LogP contribution in [0.5, 0.6) is 5.75 Å². The highest BCUT2D eigenvalue weighted by Crippen LogP contribution is 2.38. The molecule has 0 aromatic heterocycles. The molecule has 0 unspecified atom stereocenters. The Morgan fingerprint density at radius 3 is 1.91 bits per heavy atom. The van der Waals surface area contributed by atoms with Crippen molar-refractivity contribution in [2.75, 3.05) is 26.6 Å². The van der Waals surface area contributed by atoms with Crippen LogP contribution >= 0.6 is 0 Å². The fraction of sp³-hybridized carbons (Fsp3) is 0.206. The van der Waals surface area contributed by atoms with E-state index in [0.29, 0.717) is 28.3 Å². The molecule has 0 atom stereocenters. The first-order chi connectivity index (χ1) is 20.9. The number of hydroxylamine groups is 2. The fourth-order valence-electron chi connectivity index (χ4n) is 4.51. The lowest BCUT2D eigenvalue weighted by Crippen LogP contribution is -2.43. The van der Waals surface area contributed by atoms with Crippen molar-refractivity contribution in [2.24, 2.45) is 4.99 Å². The molecule has 0 fully saturated rings. The largest absolute Gasteiger partial charge is 0.492 e. The van der Waals surface area contributed by atoms with Crippen LogP contribution in [0.3, 0.4) is 0 Å². The van der Waals surface area contributed by atoms with Crippen LogP contribution in [-0.2, 0) is 22.5 Å². The van der Waals surface area contributed by atoms with E-state index in [9.17, 15) is 9.59 Å². The van der Waals surface area contributed by atoms with Crippen molar-refractivity contribution < 1.29 is 24.0 Å². The van der Waals surface area contributed by atoms with Gasteiger partial charge in [-0.05, 0) is 73.2 Å². The van der Waals surface area contributed by atoms with Crippen LogP contribution < -0.4 is 15.4 Å². The zero-order chi connectivity index (χ0) is 30.6. The molecule has 0 spiro atoms. The number of nitrogens with zero attached hydrogens (tertiary/aromatic N) is 2. The van der Waals surface area contributed by atoms with Crippen molar-refractivity contribution >= 4 is 29.1 Å². The maximum absolute atomic E-state index is 13.3. The average molecular weight is 581 g/mol. The smallest absolute Gasteiger partial charge is 0.259 e. The summed E-state index contributed by atoms with van der Waals surface area (Å²) in [6.45, 7) is 1.86. The van der Waals surface area contributed by atoms with Gasteiger partial charge in [0.1, 0.15) is 5.69 Å². The first-order valence-corrected chi connectivity index (χ1v) is 13.9. The van der Waals surface area contributed by atoms with Crippen molar-refractivity contribution in [3.05, 3.63) is 125 Å². The molecule has 9 nitrogen and oxygen atoms in total. The molecule has 4 rings (SSSR count). The van der Waals surface area contributed by atoms with Crippen LogP contribution in [0.1, 0.15) is 43.8 Å². The second kappa shape index (κ2) is 15.3. The van der Waals surface area contributed by atoms with Gasteiger partial charge in [-0.3, -0.25) is 14.9 Å². The summed E-state index contributed by atoms with van der Waals surface area (Å²) >= 11 is 0. The highest BCUT2D eigenvalue weighted by Gasteiger charge is 2.20. The monoisotopic (exact) mass is 580 g/mol. The van der Waals surface area contributed by atoms with Gasteiger partial charge in [0.25, 0.3) is 17.8 Å². The molecule has 0 aliphatic heterocycles. The Labute approximate surface area is 252 Å². The van der Waals surface area contributed by atoms with E-state index in [4.69, 9.17) is 14.4 Å². The van der Waals surface area contributed by atoms with Crippen LogP contribution in [0, 0.1) is 6.92 Å². The van der Waals surface area contributed by atoms with Gasteiger partial charge < -0.3 is 10.1 Å². The summed E-state index contributed by atoms with van der Waals surface area (Å²) in [7, 11) is 4.24. The minimum atomic E-state index is -0.415. The number of carbonyl (C=O) groups excluding carboxylic acids is 2. The molecule has 0 radical (unpaired) electrons. The highest BCUT2D eigenvalue weighted by molar-refractivity contribution is 6.07. The lowest BCUT2D eigenvalue weighted by atomic mass is 10.0. The zero-order valence-electron chi connectivity index (χ0n) is 24.8. The molecule has 222 valence electrons. The second-order valence-electron chi connectivity index (χ2n) is 9.68. The number of rotatable bonds is 11. The molecule has 2 amide bonds. The van der Waals surface area contributed by atoms with Crippen LogP contribution in [-0.4, -0.2) is 44.3 Å². The molecule has 0 heterocycles. The quantitative estimate of drug-likeness (QED) is 0.123. The summed E-state index contributed by atoms with van der Waals surface area (Å²) < 4.78 is 5.70. The van der Waals surface area contributed by atoms with E-state index in [2.05, 4.69) is 39.9 Å². The maximum Gasteiger partial charge on any atom is 0.259 e. The summed E-state index contributed by atoms with van der Waals surface area (Å²) in [5, 5.41) is 6.64. The predicted molar refractivity (Wildman–Crippen MR) is 167 cm³/mol. The topological polar surface area (TPSA) is 101 Å². The molecule has 2 N–H and O–H groups in total. The van der Waals surface area contributed by atoms with Gasteiger partial charge in [-0.1, -0.05) is 72.0 Å². The number of aliphatic imine (C=N–C) groups is 1. The number of hydrogen-bond donors (Lipinski definition) is 2. The van der Waals surface area contributed by atoms with Gasteiger partial charge in [-0.2, -0.15) is 0 Å². The third-order valence-corrected chi connectivity index (χ3v) is 6.77. The SMILES string of the molecule is COc1c(N=C(NC(=O)c2ccccc2)N(OC)OC)ccc(C)c1NC(=O)c1ccc(CCCc2ccccc2)cc1. The van der Waals surface area contributed by atoms with Crippen molar-refractivity contribution in [3.8, 4) is 5.75 Å². The minimum Gasteiger partial charge on any atom is -0.492 e. The van der Waals surface area contributed by atoms with Gasteiger partial charge >= 0.3 is 0 Å². The van der Waals surface area contributed by atoms with E-state index in [1.165, 1.54) is 32.5 Å². The normalized spacial score (nSPS) is 11.1. The molecular formula is C34H36N4O5. The van der Waals surface area contributed by atoms with Gasteiger partial charge in [0.15, 0.2) is 5.75 Å². The number of carbonyl (C=O) groups is 2. The van der Waals surface area contributed by atoms with Crippen LogP contribution in [0.15, 0.2) is 102 Å². The molecule has 43 heavy (non-hydrogen) atoms. The second-order valence-corrected chi connectivity index (χ2v) is 9.68. The standard InChI is InChI=1S/C34H36N4O5/c1-24-18-23-29(35-34(38(42-3)43-4)37-33(40)27-16-9-6-10-17-27)31(41-2)30(24)36-32(39)28-21-19-26(20-22-28)15-11-14-25-12-7-5-8-13-25/h5-10,12-13,16-23H,11,14-15H2,1-4H3,(H,36,39)(H,35,37,40). The summed E-state index contributed by atoms with van der Waals surface area (Å²) in [4.78, 5) is 41.2. The van der Waals surface area contributed by atoms with Crippen LogP contribution in [0.4, 0.5) is 11.4 Å². The number of methoxy groups -OCH3 is 1. The van der Waals surface area contributed by atoms with Gasteiger partial charge in [-0.15, -0.1) is 0 Å². The predicted octanol–water partition coefficient (Wildman–Crippen LogP) is 6.27. The van der Waals surface area contributed by atoms with E-state index < -0.39 is 5.91 Å². The number of ether oxygens (including phenoxy) is 1. The van der Waals surface area contributed by atoms with Crippen molar-refractivity contribution in [3.63, 3.8) is 0 Å². The molecule has 0 saturated heterocycles. The van der Waals surface area contributed by atoms with Crippen molar-refractivity contribution in [1.82, 2.24) is 10.5 Å². The van der Waals surface area contributed by atoms with E-state index in [0.717, 1.165) is 30.1 Å². The maximum atomic E-state index is 13.3. The van der Waals surface area contributed by atoms with Gasteiger partial charge in [0.2, 0.25) is 0 Å². The van der Waals surface area contributed by atoms with Crippen molar-refractivity contribution in [2.45, 2.75) is 26.2 Å². The number of guanidine groups is 1. The summed E-state index contributed by atoms with van der Waals surface area (Å²) in [6, 6.07) is 30.2. The molecule has 9 heteroatoms. The number of anilines is 1. The molecule has 0 bridgehead atoms. The number of nitrogens with one attached hydrogen (secondary N) is 2. The van der Waals surface area contributed by atoms with E-state index in [1.807, 2.05) is 43.3 Å². The van der Waals surface area contributed by atoms with E-state index in [1.54, 1.807) is 36.4 Å². The molecule has 4 aromatic rings. The third-order valence-electron chi connectivity index (χ3n) is 6.77. The minimum absolute atomic E-state index is 0.0406. The van der Waals surface area contributed by atoms with Gasteiger partial charge in [0, 0.05) is 11.1 Å². The highest BCUT2D eigenvalue weighted by atomic mass is 16.9. The zero-order valence-corrected chi connectivity index (χ0v) is 24.8. The number of benzene rings is 4. The van der Waals surface area contributed by atoms with Crippen LogP contribution in [0.2, 0.25) is 0 Å². The third kappa shape index (κ3) is 8.28. The van der Waals surface area contributed by atoms with E-state index >= 15 is 0 Å². The number of aryl methyl sites for hydroxylation is 3. The lowest BCUT2D eigenvalue weighted by molar-refractivity contribution is -0.288. The Balaban J connectivity index is 1.52. The lowest BCUT2D eigenvalue weighted by Gasteiger charge is -2.21. The fourth-order valence-corrected chi connectivity index (χ4v) is 4.51. The number of hydrogen-bond acceptors (Lipinski definition) is 6. The van der Waals surface area contributed by atoms with Gasteiger partial charge in [0.05, 0.1) is 27.0 Å². The molecule has 0 aliphatic carbocycles. The summed E-state index contributed by atoms with van der Waals surface area (Å²) in [6.07, 6.45) is 2.95. The van der Waals surface area contributed by atoms with Gasteiger partial charge in [-0.25, -0.2) is 14.7 Å². The molecule has 0 aliphatic rings. The average Bonchev–Trinajstić information content (AvgIpc) is 3.04. The Hall–Kier alpha value is -4.99. The van der Waals surface area contributed by atoms with Crippen LogP contribution in [0.25, 0.3) is 0 Å². The first-order valence-electron chi connectivity index (χ1n) is 13.9. The Kier molecular flexibility index (Phi) is 11.0. The summed E-state index contributed by atoms with van der Waals surface area (Å²) in [5.74, 6) is -0.432. The van der Waals surface area contributed by atoms with E-state index in [-0.39, 0.29) is 11.9 Å². The first kappa shape index (κ1) is 31.0. The Morgan fingerprint density at radius 2 is 1.30 bits per heavy atom. The number of amides is 2. The Bertz CT molecular complexity index is 1540. The summed E-state index contributed by atoms with van der Waals surface area (Å²) in [5.41, 5.74) is 4.99.